The zero-order chi connectivity index (χ0) is 18.7. The van der Waals surface area contributed by atoms with Gasteiger partial charge in [0.1, 0.15) is 23.6 Å². The molecule has 2 heterocycles. The Morgan fingerprint density at radius 3 is 2.81 bits per heavy atom. The Balaban J connectivity index is 1.92. The number of nitrogen functional groups attached to an aromatic ring is 1. The molecule has 0 saturated heterocycles. The standard InChI is InChI=1S/C19H22N4O3/c1-22(2)9-10-26-16-5-4-8-23-15(16)12-21-19(23)18(24)13-6-7-14(20)17(11-13)25-3/h4-8,11-12H,9-10,20H2,1-3H3. The number of rotatable bonds is 7. The van der Waals surface area contributed by atoms with Crippen LogP contribution >= 0.6 is 0 Å². The highest BCUT2D eigenvalue weighted by atomic mass is 16.5. The fourth-order valence-corrected chi connectivity index (χ4v) is 2.61. The Bertz CT molecular complexity index is 934. The Morgan fingerprint density at radius 1 is 1.27 bits per heavy atom. The second kappa shape index (κ2) is 7.45. The van der Waals surface area contributed by atoms with E-state index in [1.807, 2.05) is 31.1 Å². The maximum absolute atomic E-state index is 12.9. The van der Waals surface area contributed by atoms with E-state index >= 15 is 0 Å². The molecule has 0 spiro atoms. The molecule has 0 bridgehead atoms. The van der Waals surface area contributed by atoms with Gasteiger partial charge >= 0.3 is 0 Å². The molecule has 7 heteroatoms. The molecule has 0 fully saturated rings. The summed E-state index contributed by atoms with van der Waals surface area (Å²) in [6.07, 6.45) is 3.44. The second-order valence-corrected chi connectivity index (χ2v) is 6.15. The Labute approximate surface area is 152 Å². The molecule has 0 aliphatic rings. The van der Waals surface area contributed by atoms with E-state index in [1.165, 1.54) is 7.11 Å². The number of aromatic nitrogens is 2. The van der Waals surface area contributed by atoms with Gasteiger partial charge in [-0.2, -0.15) is 0 Å². The van der Waals surface area contributed by atoms with Crippen molar-refractivity contribution in [1.29, 1.82) is 0 Å². The van der Waals surface area contributed by atoms with E-state index in [0.29, 0.717) is 35.2 Å². The van der Waals surface area contributed by atoms with Crippen LogP contribution in [-0.4, -0.2) is 54.4 Å². The molecule has 0 aliphatic heterocycles. The molecule has 136 valence electrons. The van der Waals surface area contributed by atoms with Gasteiger partial charge in [-0.25, -0.2) is 4.98 Å². The highest BCUT2D eigenvalue weighted by molar-refractivity contribution is 6.07. The number of fused-ring (bicyclic) bond motifs is 1. The summed E-state index contributed by atoms with van der Waals surface area (Å²) < 4.78 is 12.8. The first kappa shape index (κ1) is 17.8. The van der Waals surface area contributed by atoms with Gasteiger partial charge in [-0.1, -0.05) is 0 Å². The van der Waals surface area contributed by atoms with Crippen LogP contribution in [0, 0.1) is 0 Å². The van der Waals surface area contributed by atoms with Crippen LogP contribution in [0.2, 0.25) is 0 Å². The number of ether oxygens (including phenoxy) is 2. The predicted molar refractivity (Wildman–Crippen MR) is 100 cm³/mol. The largest absolute Gasteiger partial charge is 0.495 e. The summed E-state index contributed by atoms with van der Waals surface area (Å²) in [4.78, 5) is 19.2. The van der Waals surface area contributed by atoms with E-state index < -0.39 is 0 Å². The quantitative estimate of drug-likeness (QED) is 0.517. The molecule has 0 atom stereocenters. The predicted octanol–water partition coefficient (Wildman–Crippen LogP) is 2.10. The van der Waals surface area contributed by atoms with Gasteiger partial charge in [-0.3, -0.25) is 9.20 Å². The first-order valence-electron chi connectivity index (χ1n) is 8.23. The van der Waals surface area contributed by atoms with Crippen molar-refractivity contribution in [3.8, 4) is 11.5 Å². The third kappa shape index (κ3) is 3.48. The summed E-state index contributed by atoms with van der Waals surface area (Å²) in [7, 11) is 5.49. The summed E-state index contributed by atoms with van der Waals surface area (Å²) in [5, 5.41) is 0. The van der Waals surface area contributed by atoms with Gasteiger partial charge in [0.2, 0.25) is 5.78 Å². The van der Waals surface area contributed by atoms with Gasteiger partial charge in [0, 0.05) is 18.3 Å². The molecule has 0 radical (unpaired) electrons. The van der Waals surface area contributed by atoms with Crippen LogP contribution in [0.15, 0.2) is 42.7 Å². The number of nitrogens with zero attached hydrogens (tertiary/aromatic N) is 3. The van der Waals surface area contributed by atoms with E-state index in [2.05, 4.69) is 4.98 Å². The van der Waals surface area contributed by atoms with Gasteiger partial charge in [-0.05, 0) is 44.4 Å². The van der Waals surface area contributed by atoms with Gasteiger partial charge in [0.15, 0.2) is 5.82 Å². The van der Waals surface area contributed by atoms with Crippen molar-refractivity contribution < 1.29 is 14.3 Å². The van der Waals surface area contributed by atoms with Crippen molar-refractivity contribution >= 4 is 17.0 Å². The lowest BCUT2D eigenvalue weighted by Crippen LogP contribution is -2.19. The summed E-state index contributed by atoms with van der Waals surface area (Å²) in [6.45, 7) is 1.35. The van der Waals surface area contributed by atoms with E-state index in [-0.39, 0.29) is 5.78 Å². The number of hydrogen-bond acceptors (Lipinski definition) is 6. The van der Waals surface area contributed by atoms with Crippen molar-refractivity contribution in [1.82, 2.24) is 14.3 Å². The molecule has 0 saturated carbocycles. The molecule has 0 unspecified atom stereocenters. The molecule has 7 nitrogen and oxygen atoms in total. The number of ketones is 1. The highest BCUT2D eigenvalue weighted by Gasteiger charge is 2.18. The van der Waals surface area contributed by atoms with Crippen molar-refractivity contribution in [3.05, 3.63) is 54.1 Å². The zero-order valence-electron chi connectivity index (χ0n) is 15.1. The fraction of sp³-hybridized carbons (Fsp3) is 0.263. The van der Waals surface area contributed by atoms with Gasteiger partial charge < -0.3 is 20.1 Å². The number of carbonyl (C=O) groups excluding carboxylic acids is 1. The number of anilines is 1. The highest BCUT2D eigenvalue weighted by Crippen LogP contribution is 2.25. The second-order valence-electron chi connectivity index (χ2n) is 6.15. The minimum atomic E-state index is -0.214. The van der Waals surface area contributed by atoms with Gasteiger partial charge in [0.05, 0.1) is 19.0 Å². The van der Waals surface area contributed by atoms with E-state index in [1.54, 1.807) is 35.0 Å². The summed E-state index contributed by atoms with van der Waals surface area (Å²) in [5.74, 6) is 1.25. The molecule has 2 N–H and O–H groups in total. The summed E-state index contributed by atoms with van der Waals surface area (Å²) in [5.41, 5.74) is 7.51. The third-order valence-corrected chi connectivity index (χ3v) is 4.03. The SMILES string of the molecule is COc1cc(C(=O)c2ncc3c(OCCN(C)C)cccn23)ccc1N. The first-order chi connectivity index (χ1) is 12.5. The zero-order valence-corrected chi connectivity index (χ0v) is 15.1. The van der Waals surface area contributed by atoms with Crippen LogP contribution in [-0.2, 0) is 0 Å². The number of likely N-dealkylation sites (N-methyl/N-ethyl adjacent to an activating group) is 1. The van der Waals surface area contributed by atoms with Crippen LogP contribution in [0.4, 0.5) is 5.69 Å². The molecule has 3 rings (SSSR count). The lowest BCUT2D eigenvalue weighted by molar-refractivity contribution is 0.102. The van der Waals surface area contributed by atoms with Crippen LogP contribution in [0.25, 0.3) is 5.52 Å². The number of pyridine rings is 1. The number of methoxy groups -OCH3 is 1. The van der Waals surface area contributed by atoms with Crippen LogP contribution < -0.4 is 15.2 Å². The van der Waals surface area contributed by atoms with Crippen molar-refractivity contribution in [2.75, 3.05) is 40.1 Å². The molecule has 0 amide bonds. The average molecular weight is 354 g/mol. The lowest BCUT2D eigenvalue weighted by atomic mass is 10.1. The maximum Gasteiger partial charge on any atom is 0.228 e. The van der Waals surface area contributed by atoms with Crippen LogP contribution in [0.3, 0.4) is 0 Å². The minimum absolute atomic E-state index is 0.214. The van der Waals surface area contributed by atoms with Crippen LogP contribution in [0.5, 0.6) is 11.5 Å². The average Bonchev–Trinajstić information content (AvgIpc) is 3.06. The van der Waals surface area contributed by atoms with Crippen molar-refractivity contribution in [2.45, 2.75) is 0 Å². The Morgan fingerprint density at radius 2 is 2.08 bits per heavy atom. The number of hydrogen-bond donors (Lipinski definition) is 1. The molecule has 26 heavy (non-hydrogen) atoms. The summed E-state index contributed by atoms with van der Waals surface area (Å²) >= 11 is 0. The third-order valence-electron chi connectivity index (χ3n) is 4.03. The minimum Gasteiger partial charge on any atom is -0.495 e. The number of nitrogens with two attached hydrogens (primary N) is 1. The van der Waals surface area contributed by atoms with E-state index in [4.69, 9.17) is 15.2 Å². The van der Waals surface area contributed by atoms with Crippen molar-refractivity contribution in [3.63, 3.8) is 0 Å². The molecule has 1 aromatic carbocycles. The lowest BCUT2D eigenvalue weighted by Gasteiger charge is -2.12. The molecule has 2 aromatic heterocycles. The molecular formula is C19H22N4O3. The van der Waals surface area contributed by atoms with E-state index in [9.17, 15) is 4.79 Å². The summed E-state index contributed by atoms with van der Waals surface area (Å²) in [6, 6.07) is 8.64. The number of benzene rings is 1. The topological polar surface area (TPSA) is 82.1 Å². The number of carbonyl (C=O) groups is 1. The Kier molecular flexibility index (Phi) is 5.09. The fourth-order valence-electron chi connectivity index (χ4n) is 2.61. The Hall–Kier alpha value is -3.06. The normalized spacial score (nSPS) is 11.1. The van der Waals surface area contributed by atoms with Gasteiger partial charge in [0.25, 0.3) is 0 Å². The smallest absolute Gasteiger partial charge is 0.228 e. The van der Waals surface area contributed by atoms with Gasteiger partial charge in [-0.15, -0.1) is 0 Å². The monoisotopic (exact) mass is 354 g/mol. The maximum atomic E-state index is 12.9. The van der Waals surface area contributed by atoms with Crippen LogP contribution in [0.1, 0.15) is 16.2 Å². The molecular weight excluding hydrogens is 332 g/mol. The molecule has 3 aromatic rings. The number of imidazole rings is 1. The molecule has 0 aliphatic carbocycles. The van der Waals surface area contributed by atoms with E-state index in [0.717, 1.165) is 12.1 Å². The van der Waals surface area contributed by atoms with Crippen molar-refractivity contribution in [2.24, 2.45) is 0 Å². The first-order valence-corrected chi connectivity index (χ1v) is 8.23.